The van der Waals surface area contributed by atoms with Crippen LogP contribution in [0.25, 0.3) is 0 Å². The molecule has 2 N–H and O–H groups in total. The lowest BCUT2D eigenvalue weighted by molar-refractivity contribution is 0.0830. The molecule has 1 rings (SSSR count). The number of nitrogens with zero attached hydrogens (tertiary/aromatic N) is 1. The predicted octanol–water partition coefficient (Wildman–Crippen LogP) is 1.84. The van der Waals surface area contributed by atoms with Crippen molar-refractivity contribution < 1.29 is 0 Å². The summed E-state index contributed by atoms with van der Waals surface area (Å²) in [7, 11) is 0. The summed E-state index contributed by atoms with van der Waals surface area (Å²) in [5.74, 6) is 0.904. The highest BCUT2D eigenvalue weighted by Gasteiger charge is 2.26. The third-order valence-electron chi connectivity index (χ3n) is 3.40. The van der Waals surface area contributed by atoms with Crippen LogP contribution < -0.4 is 5.73 Å². The third-order valence-corrected chi connectivity index (χ3v) is 3.40. The van der Waals surface area contributed by atoms with Crippen molar-refractivity contribution in [1.82, 2.24) is 4.90 Å². The lowest BCUT2D eigenvalue weighted by Crippen LogP contribution is -2.49. The summed E-state index contributed by atoms with van der Waals surface area (Å²) in [4.78, 5) is 2.60. The van der Waals surface area contributed by atoms with E-state index in [9.17, 15) is 0 Å². The number of nitrogens with two attached hydrogens (primary N) is 1. The van der Waals surface area contributed by atoms with Gasteiger partial charge in [0, 0.05) is 18.6 Å². The molecule has 0 aromatic heterocycles. The summed E-state index contributed by atoms with van der Waals surface area (Å²) in [6.45, 7) is 9.00. The van der Waals surface area contributed by atoms with Gasteiger partial charge in [-0.15, -0.1) is 0 Å². The van der Waals surface area contributed by atoms with Crippen LogP contribution in [0.4, 0.5) is 0 Å². The number of hydrogen-bond acceptors (Lipinski definition) is 2. The Labute approximate surface area is 82.5 Å². The molecule has 0 aromatic rings. The van der Waals surface area contributed by atoms with Gasteiger partial charge in [0.05, 0.1) is 0 Å². The van der Waals surface area contributed by atoms with Crippen molar-refractivity contribution in [2.75, 3.05) is 13.1 Å². The molecule has 78 valence electrons. The summed E-state index contributed by atoms with van der Waals surface area (Å²) in [6.07, 6.45) is 3.88. The largest absolute Gasteiger partial charge is 0.329 e. The van der Waals surface area contributed by atoms with Gasteiger partial charge in [-0.25, -0.2) is 0 Å². The van der Waals surface area contributed by atoms with E-state index in [4.69, 9.17) is 5.73 Å². The zero-order chi connectivity index (χ0) is 9.84. The first-order chi connectivity index (χ1) is 6.19. The van der Waals surface area contributed by atoms with E-state index in [2.05, 4.69) is 25.7 Å². The second kappa shape index (κ2) is 4.97. The minimum atomic E-state index is 0.613. The minimum absolute atomic E-state index is 0.613. The van der Waals surface area contributed by atoms with Crippen LogP contribution in [0.5, 0.6) is 0 Å². The van der Waals surface area contributed by atoms with Gasteiger partial charge >= 0.3 is 0 Å². The zero-order valence-corrected chi connectivity index (χ0v) is 9.29. The molecule has 1 aliphatic heterocycles. The van der Waals surface area contributed by atoms with E-state index in [-0.39, 0.29) is 0 Å². The van der Waals surface area contributed by atoms with Gasteiger partial charge in [0.2, 0.25) is 0 Å². The molecule has 1 heterocycles. The quantitative estimate of drug-likeness (QED) is 0.725. The van der Waals surface area contributed by atoms with Crippen LogP contribution in [0.1, 0.15) is 40.0 Å². The molecule has 2 nitrogen and oxygen atoms in total. The highest BCUT2D eigenvalue weighted by atomic mass is 15.2. The summed E-state index contributed by atoms with van der Waals surface area (Å²) in [5.41, 5.74) is 5.77. The fraction of sp³-hybridized carbons (Fsp3) is 1.00. The van der Waals surface area contributed by atoms with Gasteiger partial charge < -0.3 is 5.73 Å². The fourth-order valence-corrected chi connectivity index (χ4v) is 2.50. The first kappa shape index (κ1) is 11.0. The second-order valence-corrected chi connectivity index (χ2v) is 4.51. The Morgan fingerprint density at radius 3 is 2.62 bits per heavy atom. The van der Waals surface area contributed by atoms with Crippen molar-refractivity contribution in [2.24, 2.45) is 11.7 Å². The molecular weight excluding hydrogens is 160 g/mol. The molecule has 0 radical (unpaired) electrons. The smallest absolute Gasteiger partial charge is 0.0218 e. The summed E-state index contributed by atoms with van der Waals surface area (Å²) >= 11 is 0. The highest BCUT2D eigenvalue weighted by molar-refractivity contribution is 4.82. The van der Waals surface area contributed by atoms with Crippen LogP contribution >= 0.6 is 0 Å². The standard InChI is InChI=1S/C11H24N2/c1-4-11(8-12)13-6-5-9(2)7-10(13)3/h9-11H,4-8,12H2,1-3H3. The van der Waals surface area contributed by atoms with Crippen molar-refractivity contribution >= 4 is 0 Å². The maximum Gasteiger partial charge on any atom is 0.0218 e. The first-order valence-electron chi connectivity index (χ1n) is 5.64. The van der Waals surface area contributed by atoms with Crippen molar-refractivity contribution in [2.45, 2.75) is 52.1 Å². The number of piperidine rings is 1. The molecule has 3 unspecified atom stereocenters. The molecule has 0 amide bonds. The van der Waals surface area contributed by atoms with Crippen LogP contribution in [0, 0.1) is 5.92 Å². The number of hydrogen-bond donors (Lipinski definition) is 1. The minimum Gasteiger partial charge on any atom is -0.329 e. The Morgan fingerprint density at radius 1 is 1.46 bits per heavy atom. The molecule has 0 aliphatic carbocycles. The Bertz CT molecular complexity index is 143. The number of rotatable bonds is 3. The van der Waals surface area contributed by atoms with Gasteiger partial charge in [-0.3, -0.25) is 4.90 Å². The van der Waals surface area contributed by atoms with E-state index in [0.717, 1.165) is 18.5 Å². The average Bonchev–Trinajstić information content (AvgIpc) is 2.10. The fourth-order valence-electron chi connectivity index (χ4n) is 2.50. The second-order valence-electron chi connectivity index (χ2n) is 4.51. The van der Waals surface area contributed by atoms with Crippen LogP contribution in [-0.4, -0.2) is 30.1 Å². The van der Waals surface area contributed by atoms with Crippen molar-refractivity contribution in [3.63, 3.8) is 0 Å². The summed E-state index contributed by atoms with van der Waals surface area (Å²) < 4.78 is 0. The molecule has 1 fully saturated rings. The molecule has 0 aromatic carbocycles. The van der Waals surface area contributed by atoms with E-state index < -0.39 is 0 Å². The molecule has 1 saturated heterocycles. The Balaban J connectivity index is 2.49. The number of likely N-dealkylation sites (tertiary alicyclic amines) is 1. The van der Waals surface area contributed by atoms with Gasteiger partial charge in [0.15, 0.2) is 0 Å². The van der Waals surface area contributed by atoms with E-state index in [0.29, 0.717) is 6.04 Å². The van der Waals surface area contributed by atoms with Gasteiger partial charge in [-0.1, -0.05) is 13.8 Å². The Kier molecular flexibility index (Phi) is 4.20. The van der Waals surface area contributed by atoms with Crippen LogP contribution in [0.3, 0.4) is 0 Å². The predicted molar refractivity (Wildman–Crippen MR) is 57.7 cm³/mol. The Morgan fingerprint density at radius 2 is 2.15 bits per heavy atom. The molecule has 0 spiro atoms. The molecule has 0 bridgehead atoms. The van der Waals surface area contributed by atoms with E-state index in [1.807, 2.05) is 0 Å². The average molecular weight is 184 g/mol. The van der Waals surface area contributed by atoms with Gasteiger partial charge in [-0.2, -0.15) is 0 Å². The lowest BCUT2D eigenvalue weighted by Gasteiger charge is -2.41. The van der Waals surface area contributed by atoms with Crippen LogP contribution in [0.2, 0.25) is 0 Å². The van der Waals surface area contributed by atoms with E-state index >= 15 is 0 Å². The molecule has 1 aliphatic rings. The molecular formula is C11H24N2. The van der Waals surface area contributed by atoms with Gasteiger partial charge in [0.25, 0.3) is 0 Å². The van der Waals surface area contributed by atoms with Crippen LogP contribution in [-0.2, 0) is 0 Å². The van der Waals surface area contributed by atoms with Crippen molar-refractivity contribution in [3.05, 3.63) is 0 Å². The molecule has 0 saturated carbocycles. The SMILES string of the molecule is CCC(CN)N1CCC(C)CC1C. The molecule has 2 heteroatoms. The summed E-state index contributed by atoms with van der Waals surface area (Å²) in [5, 5.41) is 0. The molecule has 13 heavy (non-hydrogen) atoms. The van der Waals surface area contributed by atoms with E-state index in [1.165, 1.54) is 25.8 Å². The molecule has 3 atom stereocenters. The van der Waals surface area contributed by atoms with Crippen molar-refractivity contribution in [3.8, 4) is 0 Å². The lowest BCUT2D eigenvalue weighted by atomic mass is 9.91. The Hall–Kier alpha value is -0.0800. The topological polar surface area (TPSA) is 29.3 Å². The van der Waals surface area contributed by atoms with E-state index in [1.54, 1.807) is 0 Å². The van der Waals surface area contributed by atoms with Gasteiger partial charge in [0.1, 0.15) is 0 Å². The first-order valence-corrected chi connectivity index (χ1v) is 5.64. The summed E-state index contributed by atoms with van der Waals surface area (Å²) in [6, 6.07) is 1.35. The highest BCUT2D eigenvalue weighted by Crippen LogP contribution is 2.24. The maximum absolute atomic E-state index is 5.77. The zero-order valence-electron chi connectivity index (χ0n) is 9.29. The third kappa shape index (κ3) is 2.68. The van der Waals surface area contributed by atoms with Crippen LogP contribution in [0.15, 0.2) is 0 Å². The monoisotopic (exact) mass is 184 g/mol. The maximum atomic E-state index is 5.77. The van der Waals surface area contributed by atoms with Gasteiger partial charge in [-0.05, 0) is 38.6 Å². The van der Waals surface area contributed by atoms with Crippen molar-refractivity contribution in [1.29, 1.82) is 0 Å². The normalized spacial score (nSPS) is 33.2.